The minimum atomic E-state index is -0.676. The number of aliphatic carboxylic acids is 1. The summed E-state index contributed by atoms with van der Waals surface area (Å²) in [5.41, 5.74) is 1.04. The molecule has 1 aliphatic rings. The molecule has 3 heteroatoms. The second kappa shape index (κ2) is 3.03. The van der Waals surface area contributed by atoms with Crippen LogP contribution in [-0.2, 0) is 4.79 Å². The minimum Gasteiger partial charge on any atom is -0.481 e. The maximum atomic E-state index is 10.4. The van der Waals surface area contributed by atoms with Crippen LogP contribution in [-0.4, -0.2) is 22.8 Å². The van der Waals surface area contributed by atoms with Crippen LogP contribution < -0.4 is 0 Å². The summed E-state index contributed by atoms with van der Waals surface area (Å²) in [5, 5.41) is 8.54. The minimum absolute atomic E-state index is 0.136. The van der Waals surface area contributed by atoms with Gasteiger partial charge in [0.2, 0.25) is 0 Å². The Bertz CT molecular complexity index is 188. The number of nitrogens with zero attached hydrogens (tertiary/aromatic N) is 1. The first-order valence-corrected chi connectivity index (χ1v) is 3.83. The lowest BCUT2D eigenvalue weighted by Gasteiger charge is -2.29. The van der Waals surface area contributed by atoms with E-state index in [0.717, 1.165) is 18.6 Å². The molecule has 0 aromatic heterocycles. The molecule has 0 aromatic rings. The van der Waals surface area contributed by atoms with Crippen molar-refractivity contribution < 1.29 is 9.90 Å². The molecule has 3 nitrogen and oxygen atoms in total. The van der Waals surface area contributed by atoms with Crippen molar-refractivity contribution in [2.75, 3.05) is 0 Å². The maximum absolute atomic E-state index is 10.4. The molecule has 0 aromatic carbocycles. The van der Waals surface area contributed by atoms with Crippen molar-refractivity contribution in [3.8, 4) is 0 Å². The zero-order chi connectivity index (χ0) is 8.43. The number of rotatable bonds is 2. The molecule has 0 aliphatic heterocycles. The smallest absolute Gasteiger partial charge is 0.306 e. The lowest BCUT2D eigenvalue weighted by Crippen LogP contribution is -2.33. The third-order valence-corrected chi connectivity index (χ3v) is 1.90. The van der Waals surface area contributed by atoms with Gasteiger partial charge in [-0.05, 0) is 26.7 Å². The van der Waals surface area contributed by atoms with Gasteiger partial charge in [-0.15, -0.1) is 0 Å². The quantitative estimate of drug-likeness (QED) is 0.611. The van der Waals surface area contributed by atoms with Crippen LogP contribution in [0.3, 0.4) is 0 Å². The van der Waals surface area contributed by atoms with Crippen LogP contribution >= 0.6 is 0 Å². The lowest BCUT2D eigenvalue weighted by atomic mass is 9.81. The molecule has 1 rings (SSSR count). The van der Waals surface area contributed by atoms with Gasteiger partial charge in [0.1, 0.15) is 0 Å². The monoisotopic (exact) mass is 155 g/mol. The first-order chi connectivity index (χ1) is 5.09. The first-order valence-electron chi connectivity index (χ1n) is 3.83. The van der Waals surface area contributed by atoms with E-state index in [9.17, 15) is 4.79 Å². The highest BCUT2D eigenvalue weighted by molar-refractivity contribution is 5.79. The van der Waals surface area contributed by atoms with Crippen molar-refractivity contribution in [3.63, 3.8) is 0 Å². The first kappa shape index (κ1) is 8.24. The summed E-state index contributed by atoms with van der Waals surface area (Å²) in [7, 11) is 0. The summed E-state index contributed by atoms with van der Waals surface area (Å²) >= 11 is 0. The van der Waals surface area contributed by atoms with E-state index in [2.05, 4.69) is 4.99 Å². The Hall–Kier alpha value is -0.860. The highest BCUT2D eigenvalue weighted by Crippen LogP contribution is 2.30. The second-order valence-corrected chi connectivity index (χ2v) is 3.24. The Morgan fingerprint density at radius 2 is 2.00 bits per heavy atom. The van der Waals surface area contributed by atoms with Gasteiger partial charge in [-0.2, -0.15) is 0 Å². The van der Waals surface area contributed by atoms with Crippen molar-refractivity contribution in [2.24, 2.45) is 10.9 Å². The second-order valence-electron chi connectivity index (χ2n) is 3.24. The molecule has 0 spiro atoms. The predicted molar refractivity (Wildman–Crippen MR) is 42.9 cm³/mol. The van der Waals surface area contributed by atoms with E-state index in [1.54, 1.807) is 0 Å². The normalized spacial score (nSPS) is 28.9. The van der Waals surface area contributed by atoms with Gasteiger partial charge in [-0.1, -0.05) is 0 Å². The highest BCUT2D eigenvalue weighted by Gasteiger charge is 2.33. The van der Waals surface area contributed by atoms with Crippen LogP contribution in [0.2, 0.25) is 0 Å². The van der Waals surface area contributed by atoms with Gasteiger partial charge in [0.05, 0.1) is 12.0 Å². The van der Waals surface area contributed by atoms with Crippen LogP contribution in [0.15, 0.2) is 4.99 Å². The van der Waals surface area contributed by atoms with Crippen LogP contribution in [0, 0.1) is 5.92 Å². The molecular formula is C8H13NO2. The van der Waals surface area contributed by atoms with E-state index >= 15 is 0 Å². The largest absolute Gasteiger partial charge is 0.481 e. The molecule has 11 heavy (non-hydrogen) atoms. The van der Waals surface area contributed by atoms with E-state index < -0.39 is 5.97 Å². The SMILES string of the molecule is CC(C)=NC1CC(C(=O)O)C1. The average molecular weight is 155 g/mol. The van der Waals surface area contributed by atoms with Crippen LogP contribution in [0.5, 0.6) is 0 Å². The van der Waals surface area contributed by atoms with Crippen molar-refractivity contribution in [1.82, 2.24) is 0 Å². The maximum Gasteiger partial charge on any atom is 0.306 e. The van der Waals surface area contributed by atoms with Gasteiger partial charge < -0.3 is 5.11 Å². The zero-order valence-corrected chi connectivity index (χ0v) is 6.87. The Morgan fingerprint density at radius 1 is 1.45 bits per heavy atom. The average Bonchev–Trinajstić information content (AvgIpc) is 1.75. The standard InChI is InChI=1S/C8H13NO2/c1-5(2)9-7-3-6(4-7)8(10)11/h6-7H,3-4H2,1-2H3,(H,10,11). The predicted octanol–water partition coefficient (Wildman–Crippen LogP) is 1.33. The molecule has 0 amide bonds. The topological polar surface area (TPSA) is 49.7 Å². The molecular weight excluding hydrogens is 142 g/mol. The molecule has 0 heterocycles. The Balaban J connectivity index is 2.30. The summed E-state index contributed by atoms with van der Waals surface area (Å²) in [6.45, 7) is 3.88. The Labute approximate surface area is 66.1 Å². The van der Waals surface area contributed by atoms with E-state index in [-0.39, 0.29) is 12.0 Å². The molecule has 1 saturated carbocycles. The summed E-state index contributed by atoms with van der Waals surface area (Å²) in [5.74, 6) is -0.812. The molecule has 0 bridgehead atoms. The van der Waals surface area contributed by atoms with Crippen LogP contribution in [0.1, 0.15) is 26.7 Å². The molecule has 1 aliphatic carbocycles. The molecule has 0 atom stereocenters. The summed E-state index contributed by atoms with van der Waals surface area (Å²) in [6, 6.07) is 0.279. The fourth-order valence-electron chi connectivity index (χ4n) is 1.26. The van der Waals surface area contributed by atoms with Crippen LogP contribution in [0.25, 0.3) is 0 Å². The van der Waals surface area contributed by atoms with Gasteiger partial charge in [0.25, 0.3) is 0 Å². The van der Waals surface area contributed by atoms with Crippen LogP contribution in [0.4, 0.5) is 0 Å². The van der Waals surface area contributed by atoms with Crippen molar-refractivity contribution >= 4 is 11.7 Å². The van der Waals surface area contributed by atoms with Gasteiger partial charge in [0, 0.05) is 5.71 Å². The van der Waals surface area contributed by atoms with E-state index in [4.69, 9.17) is 5.11 Å². The van der Waals surface area contributed by atoms with Crippen molar-refractivity contribution in [3.05, 3.63) is 0 Å². The number of aliphatic imine (C=N–C) groups is 1. The van der Waals surface area contributed by atoms with Crippen molar-refractivity contribution in [2.45, 2.75) is 32.7 Å². The third-order valence-electron chi connectivity index (χ3n) is 1.90. The molecule has 0 radical (unpaired) electrons. The van der Waals surface area contributed by atoms with E-state index in [1.807, 2.05) is 13.8 Å². The third kappa shape index (κ3) is 2.03. The van der Waals surface area contributed by atoms with Gasteiger partial charge in [0.15, 0.2) is 0 Å². The van der Waals surface area contributed by atoms with Crippen molar-refractivity contribution in [1.29, 1.82) is 0 Å². The summed E-state index contributed by atoms with van der Waals surface area (Å²) in [6.07, 6.45) is 1.45. The molecule has 1 fully saturated rings. The number of carbonyl (C=O) groups is 1. The highest BCUT2D eigenvalue weighted by atomic mass is 16.4. The number of hydrogen-bond donors (Lipinski definition) is 1. The summed E-state index contributed by atoms with van der Waals surface area (Å²) in [4.78, 5) is 14.6. The number of carboxylic acid groups (broad SMARTS) is 1. The van der Waals surface area contributed by atoms with E-state index in [0.29, 0.717) is 0 Å². The molecule has 1 N–H and O–H groups in total. The Kier molecular flexibility index (Phi) is 2.27. The van der Waals surface area contributed by atoms with Gasteiger partial charge in [-0.25, -0.2) is 0 Å². The molecule has 62 valence electrons. The molecule has 0 unspecified atom stereocenters. The Morgan fingerprint density at radius 3 is 2.36 bits per heavy atom. The fourth-order valence-corrected chi connectivity index (χ4v) is 1.26. The fraction of sp³-hybridized carbons (Fsp3) is 0.750. The zero-order valence-electron chi connectivity index (χ0n) is 6.87. The van der Waals surface area contributed by atoms with E-state index in [1.165, 1.54) is 0 Å². The van der Waals surface area contributed by atoms with Gasteiger partial charge >= 0.3 is 5.97 Å². The lowest BCUT2D eigenvalue weighted by molar-refractivity contribution is -0.144. The summed E-state index contributed by atoms with van der Waals surface area (Å²) < 4.78 is 0. The number of carboxylic acids is 1. The van der Waals surface area contributed by atoms with Gasteiger partial charge in [-0.3, -0.25) is 9.79 Å². The number of hydrogen-bond acceptors (Lipinski definition) is 2. The molecule has 0 saturated heterocycles.